The number of ether oxygens (including phenoxy) is 3. The van der Waals surface area contributed by atoms with Gasteiger partial charge < -0.3 is 19.5 Å². The van der Waals surface area contributed by atoms with E-state index in [0.29, 0.717) is 12.3 Å². The van der Waals surface area contributed by atoms with Gasteiger partial charge in [-0.25, -0.2) is 4.79 Å². The predicted molar refractivity (Wildman–Crippen MR) is 56.5 cm³/mol. The van der Waals surface area contributed by atoms with E-state index in [1.807, 2.05) is 19.1 Å². The Bertz CT molecular complexity index is 417. The van der Waals surface area contributed by atoms with Gasteiger partial charge in [0.15, 0.2) is 11.5 Å². The predicted octanol–water partition coefficient (Wildman–Crippen LogP) is 1.58. The van der Waals surface area contributed by atoms with Crippen LogP contribution in [0.4, 0.5) is 4.79 Å². The highest BCUT2D eigenvalue weighted by Gasteiger charge is 2.15. The van der Waals surface area contributed by atoms with E-state index in [1.165, 1.54) is 7.11 Å². The summed E-state index contributed by atoms with van der Waals surface area (Å²) in [6.07, 6.45) is -0.447. The van der Waals surface area contributed by atoms with Gasteiger partial charge in [0.05, 0.1) is 7.11 Å². The van der Waals surface area contributed by atoms with Gasteiger partial charge >= 0.3 is 6.09 Å². The number of alkyl carbamates (subject to hydrolysis) is 1. The molecule has 86 valence electrons. The fraction of sp³-hybridized carbons (Fsp3) is 0.364. The molecule has 1 aliphatic heterocycles. The van der Waals surface area contributed by atoms with Crippen LogP contribution in [-0.2, 0) is 11.3 Å². The number of nitrogens with one attached hydrogen (secondary N) is 1. The Morgan fingerprint density at radius 1 is 1.44 bits per heavy atom. The van der Waals surface area contributed by atoms with E-state index in [9.17, 15) is 4.79 Å². The molecular weight excluding hydrogens is 210 g/mol. The molecule has 2 rings (SSSR count). The van der Waals surface area contributed by atoms with Crippen molar-refractivity contribution in [3.8, 4) is 11.5 Å². The summed E-state index contributed by atoms with van der Waals surface area (Å²) in [5.41, 5.74) is 2.02. The monoisotopic (exact) mass is 223 g/mol. The lowest BCUT2D eigenvalue weighted by molar-refractivity contribution is 0.170. The van der Waals surface area contributed by atoms with E-state index < -0.39 is 6.09 Å². The number of hydrogen-bond acceptors (Lipinski definition) is 4. The summed E-state index contributed by atoms with van der Waals surface area (Å²) < 4.78 is 15.0. The minimum absolute atomic E-state index is 0.253. The molecule has 1 aromatic carbocycles. The quantitative estimate of drug-likeness (QED) is 0.827. The highest BCUT2D eigenvalue weighted by atomic mass is 16.7. The van der Waals surface area contributed by atoms with Crippen LogP contribution in [0.1, 0.15) is 11.1 Å². The number of benzene rings is 1. The first-order valence-corrected chi connectivity index (χ1v) is 4.91. The molecule has 0 spiro atoms. The van der Waals surface area contributed by atoms with Crippen molar-refractivity contribution in [2.24, 2.45) is 0 Å². The van der Waals surface area contributed by atoms with Crippen LogP contribution < -0.4 is 14.8 Å². The molecule has 1 amide bonds. The molecule has 1 aliphatic rings. The fourth-order valence-corrected chi connectivity index (χ4v) is 1.52. The second-order valence-corrected chi connectivity index (χ2v) is 3.48. The molecule has 0 aromatic heterocycles. The lowest BCUT2D eigenvalue weighted by Crippen LogP contribution is -2.22. The average molecular weight is 223 g/mol. The van der Waals surface area contributed by atoms with E-state index in [4.69, 9.17) is 9.47 Å². The summed E-state index contributed by atoms with van der Waals surface area (Å²) in [6, 6.07) is 3.77. The lowest BCUT2D eigenvalue weighted by Gasteiger charge is -2.08. The molecular formula is C11H13NO4. The van der Waals surface area contributed by atoms with Gasteiger partial charge in [-0.15, -0.1) is 0 Å². The number of methoxy groups -OCH3 is 1. The van der Waals surface area contributed by atoms with Gasteiger partial charge in [-0.05, 0) is 30.2 Å². The molecule has 16 heavy (non-hydrogen) atoms. The van der Waals surface area contributed by atoms with Crippen molar-refractivity contribution in [1.29, 1.82) is 0 Å². The molecule has 0 saturated heterocycles. The summed E-state index contributed by atoms with van der Waals surface area (Å²) >= 11 is 0. The molecule has 1 aromatic rings. The van der Waals surface area contributed by atoms with E-state index >= 15 is 0 Å². The standard InChI is InChI=1S/C11H13NO4/c1-7-3-9-10(16-6-15-9)4-8(7)5-12-11(13)14-2/h3-4H,5-6H2,1-2H3,(H,12,13). The minimum Gasteiger partial charge on any atom is -0.454 e. The van der Waals surface area contributed by atoms with Gasteiger partial charge in [-0.3, -0.25) is 0 Å². The Hall–Kier alpha value is -1.91. The van der Waals surface area contributed by atoms with Crippen molar-refractivity contribution < 1.29 is 19.0 Å². The van der Waals surface area contributed by atoms with Crippen LogP contribution >= 0.6 is 0 Å². The van der Waals surface area contributed by atoms with E-state index in [1.54, 1.807) is 0 Å². The van der Waals surface area contributed by atoms with Gasteiger partial charge in [-0.2, -0.15) is 0 Å². The SMILES string of the molecule is COC(=O)NCc1cc2c(cc1C)OCO2. The minimum atomic E-state index is -0.447. The maximum Gasteiger partial charge on any atom is 0.407 e. The number of carbonyl (C=O) groups is 1. The summed E-state index contributed by atoms with van der Waals surface area (Å²) in [6.45, 7) is 2.62. The molecule has 0 unspecified atom stereocenters. The molecule has 1 heterocycles. The van der Waals surface area contributed by atoms with Crippen molar-refractivity contribution in [2.75, 3.05) is 13.9 Å². The molecule has 1 N–H and O–H groups in total. The summed E-state index contributed by atoms with van der Waals surface area (Å²) in [4.78, 5) is 10.9. The van der Waals surface area contributed by atoms with Gasteiger partial charge in [0.1, 0.15) is 0 Å². The molecule has 0 fully saturated rings. The van der Waals surface area contributed by atoms with Crippen molar-refractivity contribution in [1.82, 2.24) is 5.32 Å². The molecule has 0 saturated carbocycles. The number of carbonyl (C=O) groups excluding carboxylic acids is 1. The van der Waals surface area contributed by atoms with Gasteiger partial charge in [-0.1, -0.05) is 0 Å². The maximum atomic E-state index is 10.9. The number of amides is 1. The first-order valence-electron chi connectivity index (χ1n) is 4.91. The van der Waals surface area contributed by atoms with Crippen molar-refractivity contribution in [3.05, 3.63) is 23.3 Å². The van der Waals surface area contributed by atoms with Gasteiger partial charge in [0.25, 0.3) is 0 Å². The number of rotatable bonds is 2. The highest BCUT2D eigenvalue weighted by Crippen LogP contribution is 2.34. The largest absolute Gasteiger partial charge is 0.454 e. The zero-order chi connectivity index (χ0) is 11.5. The molecule has 0 bridgehead atoms. The summed E-state index contributed by atoms with van der Waals surface area (Å²) in [7, 11) is 1.34. The topological polar surface area (TPSA) is 56.8 Å². The van der Waals surface area contributed by atoms with Crippen LogP contribution in [0, 0.1) is 6.92 Å². The maximum absolute atomic E-state index is 10.9. The van der Waals surface area contributed by atoms with E-state index in [0.717, 1.165) is 16.9 Å². The van der Waals surface area contributed by atoms with Crippen LogP contribution in [-0.4, -0.2) is 20.0 Å². The first-order chi connectivity index (χ1) is 7.70. The third-order valence-electron chi connectivity index (χ3n) is 2.44. The third kappa shape index (κ3) is 2.03. The van der Waals surface area contributed by atoms with Crippen LogP contribution in [0.5, 0.6) is 11.5 Å². The Morgan fingerprint density at radius 2 is 2.12 bits per heavy atom. The third-order valence-corrected chi connectivity index (χ3v) is 2.44. The fourth-order valence-electron chi connectivity index (χ4n) is 1.52. The molecule has 5 heteroatoms. The second-order valence-electron chi connectivity index (χ2n) is 3.48. The highest BCUT2D eigenvalue weighted by molar-refractivity contribution is 5.67. The number of aryl methyl sites for hydroxylation is 1. The zero-order valence-electron chi connectivity index (χ0n) is 9.20. The Kier molecular flexibility index (Phi) is 2.85. The van der Waals surface area contributed by atoms with Crippen LogP contribution in [0.25, 0.3) is 0 Å². The Labute approximate surface area is 93.3 Å². The van der Waals surface area contributed by atoms with E-state index in [2.05, 4.69) is 10.1 Å². The zero-order valence-corrected chi connectivity index (χ0v) is 9.20. The first kappa shape index (κ1) is 10.6. The second kappa shape index (κ2) is 4.30. The van der Waals surface area contributed by atoms with Crippen molar-refractivity contribution in [3.63, 3.8) is 0 Å². The molecule has 5 nitrogen and oxygen atoms in total. The number of hydrogen-bond donors (Lipinski definition) is 1. The van der Waals surface area contributed by atoms with Gasteiger partial charge in [0, 0.05) is 6.54 Å². The normalized spacial score (nSPS) is 12.4. The summed E-state index contributed by atoms with van der Waals surface area (Å²) in [5, 5.41) is 2.62. The van der Waals surface area contributed by atoms with Crippen LogP contribution in [0.3, 0.4) is 0 Å². The molecule has 0 aliphatic carbocycles. The Morgan fingerprint density at radius 3 is 2.81 bits per heavy atom. The van der Waals surface area contributed by atoms with Crippen LogP contribution in [0.15, 0.2) is 12.1 Å². The Balaban J connectivity index is 2.12. The van der Waals surface area contributed by atoms with Crippen LogP contribution in [0.2, 0.25) is 0 Å². The molecule has 0 atom stereocenters. The van der Waals surface area contributed by atoms with E-state index in [-0.39, 0.29) is 6.79 Å². The smallest absolute Gasteiger partial charge is 0.407 e. The van der Waals surface area contributed by atoms with Gasteiger partial charge in [0.2, 0.25) is 6.79 Å². The van der Waals surface area contributed by atoms with Crippen molar-refractivity contribution >= 4 is 6.09 Å². The summed E-state index contributed by atoms with van der Waals surface area (Å²) in [5.74, 6) is 1.46. The number of fused-ring (bicyclic) bond motifs is 1. The van der Waals surface area contributed by atoms with Crippen molar-refractivity contribution in [2.45, 2.75) is 13.5 Å². The lowest BCUT2D eigenvalue weighted by atomic mass is 10.1. The molecule has 0 radical (unpaired) electrons. The average Bonchev–Trinajstić information content (AvgIpc) is 2.72.